The fourth-order valence-corrected chi connectivity index (χ4v) is 2.05. The first kappa shape index (κ1) is 11.6. The summed E-state index contributed by atoms with van der Waals surface area (Å²) in [4.78, 5) is 0. The molecular weight excluding hydrogens is 238 g/mol. The standard InChI is InChI=1S/C12H18BrN/c1-3-4-5-6-14-12-8-10(2)7-11(13)9-12/h7-9,14H,3-6H2,1-2H3. The molecule has 0 aliphatic rings. The number of hydrogen-bond donors (Lipinski definition) is 1. The van der Waals surface area contributed by atoms with Gasteiger partial charge >= 0.3 is 0 Å². The van der Waals surface area contributed by atoms with Gasteiger partial charge in [0.05, 0.1) is 0 Å². The summed E-state index contributed by atoms with van der Waals surface area (Å²) >= 11 is 3.50. The third-order valence-electron chi connectivity index (χ3n) is 2.15. The molecule has 1 N–H and O–H groups in total. The van der Waals surface area contributed by atoms with Crippen LogP contribution < -0.4 is 5.32 Å². The van der Waals surface area contributed by atoms with Crippen molar-refractivity contribution in [3.63, 3.8) is 0 Å². The van der Waals surface area contributed by atoms with Crippen LogP contribution in [0.15, 0.2) is 22.7 Å². The van der Waals surface area contributed by atoms with Crippen molar-refractivity contribution >= 4 is 21.6 Å². The normalized spacial score (nSPS) is 10.2. The van der Waals surface area contributed by atoms with Gasteiger partial charge in [-0.3, -0.25) is 0 Å². The van der Waals surface area contributed by atoms with Crippen molar-refractivity contribution in [1.82, 2.24) is 0 Å². The van der Waals surface area contributed by atoms with Gasteiger partial charge in [0.2, 0.25) is 0 Å². The molecule has 0 amide bonds. The molecule has 0 saturated carbocycles. The minimum absolute atomic E-state index is 1.07. The lowest BCUT2D eigenvalue weighted by atomic mass is 10.2. The van der Waals surface area contributed by atoms with E-state index in [-0.39, 0.29) is 0 Å². The van der Waals surface area contributed by atoms with Gasteiger partial charge in [-0.1, -0.05) is 35.7 Å². The largest absolute Gasteiger partial charge is 0.385 e. The van der Waals surface area contributed by atoms with Crippen molar-refractivity contribution < 1.29 is 0 Å². The molecule has 0 saturated heterocycles. The van der Waals surface area contributed by atoms with E-state index in [1.807, 2.05) is 0 Å². The first-order chi connectivity index (χ1) is 6.72. The van der Waals surface area contributed by atoms with E-state index < -0.39 is 0 Å². The Morgan fingerprint density at radius 1 is 1.21 bits per heavy atom. The van der Waals surface area contributed by atoms with Crippen molar-refractivity contribution in [3.05, 3.63) is 28.2 Å². The van der Waals surface area contributed by atoms with Crippen molar-refractivity contribution in [2.75, 3.05) is 11.9 Å². The number of aryl methyl sites for hydroxylation is 1. The van der Waals surface area contributed by atoms with Crippen molar-refractivity contribution in [2.24, 2.45) is 0 Å². The lowest BCUT2D eigenvalue weighted by Crippen LogP contribution is -2.01. The third kappa shape index (κ3) is 4.14. The summed E-state index contributed by atoms with van der Waals surface area (Å²) in [6, 6.07) is 6.42. The average molecular weight is 256 g/mol. The Kier molecular flexibility index (Phi) is 5.02. The molecule has 0 bridgehead atoms. The molecule has 0 aliphatic heterocycles. The maximum Gasteiger partial charge on any atom is 0.0354 e. The van der Waals surface area contributed by atoms with Gasteiger partial charge in [-0.2, -0.15) is 0 Å². The van der Waals surface area contributed by atoms with E-state index in [2.05, 4.69) is 53.3 Å². The smallest absolute Gasteiger partial charge is 0.0354 e. The quantitative estimate of drug-likeness (QED) is 0.772. The molecule has 14 heavy (non-hydrogen) atoms. The second kappa shape index (κ2) is 6.07. The van der Waals surface area contributed by atoms with E-state index in [1.165, 1.54) is 30.5 Å². The molecule has 1 nitrogen and oxygen atoms in total. The summed E-state index contributed by atoms with van der Waals surface area (Å²) in [7, 11) is 0. The zero-order valence-corrected chi connectivity index (χ0v) is 10.5. The average Bonchev–Trinajstić information content (AvgIpc) is 2.11. The minimum Gasteiger partial charge on any atom is -0.385 e. The molecule has 2 heteroatoms. The second-order valence-corrected chi connectivity index (χ2v) is 4.57. The van der Waals surface area contributed by atoms with E-state index in [4.69, 9.17) is 0 Å². The van der Waals surface area contributed by atoms with Crippen LogP contribution in [0.25, 0.3) is 0 Å². The van der Waals surface area contributed by atoms with Crippen LogP contribution in [0.4, 0.5) is 5.69 Å². The maximum absolute atomic E-state index is 3.50. The molecular formula is C12H18BrN. The van der Waals surface area contributed by atoms with Crippen LogP contribution in [0.5, 0.6) is 0 Å². The Bertz CT molecular complexity index is 263. The zero-order valence-electron chi connectivity index (χ0n) is 8.94. The van der Waals surface area contributed by atoms with E-state index in [0.717, 1.165) is 11.0 Å². The Labute approximate surface area is 95.0 Å². The van der Waals surface area contributed by atoms with Crippen molar-refractivity contribution in [1.29, 1.82) is 0 Å². The third-order valence-corrected chi connectivity index (χ3v) is 2.61. The van der Waals surface area contributed by atoms with Gasteiger partial charge in [0, 0.05) is 16.7 Å². The zero-order chi connectivity index (χ0) is 10.4. The number of hydrogen-bond acceptors (Lipinski definition) is 1. The fraction of sp³-hybridized carbons (Fsp3) is 0.500. The summed E-state index contributed by atoms with van der Waals surface area (Å²) in [5.74, 6) is 0. The molecule has 0 radical (unpaired) electrons. The van der Waals surface area contributed by atoms with Gasteiger partial charge in [-0.15, -0.1) is 0 Å². The lowest BCUT2D eigenvalue weighted by Gasteiger charge is -2.07. The van der Waals surface area contributed by atoms with Gasteiger partial charge in [0.25, 0.3) is 0 Å². The summed E-state index contributed by atoms with van der Waals surface area (Å²) < 4.78 is 1.15. The van der Waals surface area contributed by atoms with Crippen LogP contribution >= 0.6 is 15.9 Å². The Morgan fingerprint density at radius 2 is 2.00 bits per heavy atom. The lowest BCUT2D eigenvalue weighted by molar-refractivity contribution is 0.744. The Balaban J connectivity index is 2.42. The number of benzene rings is 1. The van der Waals surface area contributed by atoms with E-state index in [1.54, 1.807) is 0 Å². The maximum atomic E-state index is 3.50. The molecule has 0 atom stereocenters. The molecule has 0 spiro atoms. The molecule has 78 valence electrons. The highest BCUT2D eigenvalue weighted by molar-refractivity contribution is 9.10. The first-order valence-electron chi connectivity index (χ1n) is 5.23. The number of unbranched alkanes of at least 4 members (excludes halogenated alkanes) is 2. The predicted octanol–water partition coefficient (Wildman–Crippen LogP) is 4.36. The molecule has 1 aromatic rings. The van der Waals surface area contributed by atoms with Gasteiger partial charge in [-0.25, -0.2) is 0 Å². The SMILES string of the molecule is CCCCCNc1cc(C)cc(Br)c1. The number of nitrogens with one attached hydrogen (secondary N) is 1. The summed E-state index contributed by atoms with van der Waals surface area (Å²) in [5, 5.41) is 3.43. The van der Waals surface area contributed by atoms with Crippen LogP contribution in [0.1, 0.15) is 31.7 Å². The molecule has 1 rings (SSSR count). The number of anilines is 1. The van der Waals surface area contributed by atoms with E-state index in [9.17, 15) is 0 Å². The fourth-order valence-electron chi connectivity index (χ4n) is 1.45. The van der Waals surface area contributed by atoms with Crippen LogP contribution in [0, 0.1) is 6.92 Å². The predicted molar refractivity (Wildman–Crippen MR) is 66.9 cm³/mol. The molecule has 0 heterocycles. The Morgan fingerprint density at radius 3 is 2.64 bits per heavy atom. The molecule has 1 aromatic carbocycles. The van der Waals surface area contributed by atoms with Crippen LogP contribution in [0.2, 0.25) is 0 Å². The van der Waals surface area contributed by atoms with Crippen LogP contribution in [0.3, 0.4) is 0 Å². The topological polar surface area (TPSA) is 12.0 Å². The molecule has 0 unspecified atom stereocenters. The van der Waals surface area contributed by atoms with Gasteiger partial charge in [0.15, 0.2) is 0 Å². The van der Waals surface area contributed by atoms with Crippen molar-refractivity contribution in [2.45, 2.75) is 33.1 Å². The highest BCUT2D eigenvalue weighted by atomic mass is 79.9. The second-order valence-electron chi connectivity index (χ2n) is 3.65. The van der Waals surface area contributed by atoms with Crippen molar-refractivity contribution in [3.8, 4) is 0 Å². The van der Waals surface area contributed by atoms with E-state index in [0.29, 0.717) is 0 Å². The first-order valence-corrected chi connectivity index (χ1v) is 6.02. The molecule has 0 aliphatic carbocycles. The van der Waals surface area contributed by atoms with Gasteiger partial charge in [0.1, 0.15) is 0 Å². The number of halogens is 1. The highest BCUT2D eigenvalue weighted by Crippen LogP contribution is 2.18. The highest BCUT2D eigenvalue weighted by Gasteiger charge is 1.95. The van der Waals surface area contributed by atoms with Gasteiger partial charge in [-0.05, 0) is 37.1 Å². The monoisotopic (exact) mass is 255 g/mol. The molecule has 0 aromatic heterocycles. The molecule has 0 fully saturated rings. The number of rotatable bonds is 5. The van der Waals surface area contributed by atoms with Crippen LogP contribution in [-0.4, -0.2) is 6.54 Å². The Hall–Kier alpha value is -0.500. The van der Waals surface area contributed by atoms with Gasteiger partial charge < -0.3 is 5.32 Å². The summed E-state index contributed by atoms with van der Waals surface area (Å²) in [5.41, 5.74) is 2.50. The van der Waals surface area contributed by atoms with Crippen LogP contribution in [-0.2, 0) is 0 Å². The minimum atomic E-state index is 1.07. The summed E-state index contributed by atoms with van der Waals surface area (Å²) in [6.45, 7) is 5.41. The van der Waals surface area contributed by atoms with E-state index >= 15 is 0 Å². The summed E-state index contributed by atoms with van der Waals surface area (Å²) in [6.07, 6.45) is 3.83.